The Morgan fingerprint density at radius 2 is 1.90 bits per heavy atom. The van der Waals surface area contributed by atoms with Crippen molar-refractivity contribution in [1.29, 1.82) is 0 Å². The highest BCUT2D eigenvalue weighted by Crippen LogP contribution is 2.33. The van der Waals surface area contributed by atoms with Gasteiger partial charge in [0.2, 0.25) is 5.88 Å². The third-order valence-corrected chi connectivity index (χ3v) is 4.29. The fourth-order valence-electron chi connectivity index (χ4n) is 2.90. The highest BCUT2D eigenvalue weighted by Gasteiger charge is 2.14. The van der Waals surface area contributed by atoms with Crippen molar-refractivity contribution in [2.24, 2.45) is 0 Å². The molecule has 0 atom stereocenters. The number of benzene rings is 2. The fraction of sp³-hybridized carbons (Fsp3) is 0.0909. The summed E-state index contributed by atoms with van der Waals surface area (Å²) in [7, 11) is 0. The minimum atomic E-state index is -0.399. The van der Waals surface area contributed by atoms with Gasteiger partial charge in [0, 0.05) is 17.3 Å². The van der Waals surface area contributed by atoms with Gasteiger partial charge >= 0.3 is 5.97 Å². The number of hydrogen-bond donors (Lipinski definition) is 2. The first kappa shape index (κ1) is 19.1. The lowest BCUT2D eigenvalue weighted by Gasteiger charge is -2.13. The van der Waals surface area contributed by atoms with Crippen molar-refractivity contribution >= 4 is 34.1 Å². The van der Waals surface area contributed by atoms with Crippen LogP contribution in [-0.4, -0.2) is 27.5 Å². The molecule has 0 bridgehead atoms. The summed E-state index contributed by atoms with van der Waals surface area (Å²) < 4.78 is 11.0. The molecule has 0 aliphatic heterocycles. The van der Waals surface area contributed by atoms with E-state index in [1.54, 1.807) is 43.5 Å². The molecule has 0 amide bonds. The van der Waals surface area contributed by atoms with E-state index >= 15 is 0 Å². The van der Waals surface area contributed by atoms with Gasteiger partial charge in [-0.25, -0.2) is 9.78 Å². The predicted octanol–water partition coefficient (Wildman–Crippen LogP) is 4.32. The molecule has 8 heteroatoms. The largest absolute Gasteiger partial charge is 0.462 e. The van der Waals surface area contributed by atoms with E-state index in [0.717, 1.165) is 5.39 Å². The predicted molar refractivity (Wildman–Crippen MR) is 114 cm³/mol. The molecule has 0 spiro atoms. The van der Waals surface area contributed by atoms with Crippen molar-refractivity contribution in [1.82, 2.24) is 15.0 Å². The van der Waals surface area contributed by atoms with Gasteiger partial charge in [0.25, 0.3) is 0 Å². The average molecular weight is 401 g/mol. The molecule has 30 heavy (non-hydrogen) atoms. The number of aromatic nitrogens is 3. The van der Waals surface area contributed by atoms with Crippen LogP contribution in [0.5, 0.6) is 11.6 Å². The molecule has 2 aromatic carbocycles. The summed E-state index contributed by atoms with van der Waals surface area (Å²) in [4.78, 5) is 24.7. The number of anilines is 3. The van der Waals surface area contributed by atoms with Crippen LogP contribution in [0.2, 0.25) is 0 Å². The van der Waals surface area contributed by atoms with Crippen molar-refractivity contribution in [2.45, 2.75) is 6.92 Å². The van der Waals surface area contributed by atoms with E-state index < -0.39 is 5.97 Å². The van der Waals surface area contributed by atoms with Crippen molar-refractivity contribution < 1.29 is 14.3 Å². The highest BCUT2D eigenvalue weighted by molar-refractivity contribution is 5.91. The van der Waals surface area contributed by atoms with Crippen LogP contribution in [-0.2, 0) is 4.74 Å². The van der Waals surface area contributed by atoms with Crippen LogP contribution in [0.3, 0.4) is 0 Å². The first-order valence-corrected chi connectivity index (χ1v) is 9.32. The zero-order valence-corrected chi connectivity index (χ0v) is 16.2. The molecule has 0 radical (unpaired) electrons. The number of esters is 1. The molecule has 0 unspecified atom stereocenters. The molecule has 150 valence electrons. The molecular formula is C22H19N5O3. The molecule has 2 aromatic heterocycles. The first-order valence-electron chi connectivity index (χ1n) is 9.32. The summed E-state index contributed by atoms with van der Waals surface area (Å²) >= 11 is 0. The zero-order chi connectivity index (χ0) is 20.9. The Balaban J connectivity index is 1.61. The molecule has 8 nitrogen and oxygen atoms in total. The van der Waals surface area contributed by atoms with E-state index in [-0.39, 0.29) is 11.6 Å². The van der Waals surface area contributed by atoms with Crippen molar-refractivity contribution in [3.05, 3.63) is 72.7 Å². The zero-order valence-electron chi connectivity index (χ0n) is 16.2. The Bertz CT molecular complexity index is 1210. The van der Waals surface area contributed by atoms with E-state index in [9.17, 15) is 4.79 Å². The Hall–Kier alpha value is -4.20. The van der Waals surface area contributed by atoms with E-state index in [0.29, 0.717) is 34.9 Å². The molecule has 0 saturated carbocycles. The van der Waals surface area contributed by atoms with Gasteiger partial charge in [-0.15, -0.1) is 0 Å². The minimum absolute atomic E-state index is 0.201. The van der Waals surface area contributed by atoms with E-state index in [2.05, 4.69) is 20.3 Å². The molecule has 4 rings (SSSR count). The molecule has 0 fully saturated rings. The second-order valence-electron chi connectivity index (χ2n) is 6.30. The third-order valence-electron chi connectivity index (χ3n) is 4.29. The van der Waals surface area contributed by atoms with E-state index in [1.807, 2.05) is 24.3 Å². The Kier molecular flexibility index (Phi) is 5.38. The van der Waals surface area contributed by atoms with Gasteiger partial charge < -0.3 is 20.5 Å². The Labute approximate surface area is 172 Å². The molecule has 4 aromatic rings. The van der Waals surface area contributed by atoms with Crippen LogP contribution >= 0.6 is 0 Å². The lowest BCUT2D eigenvalue weighted by Crippen LogP contribution is -2.06. The SMILES string of the molecule is CCOC(=O)c1cccc(Nc2ncnc(Oc3cccc4cccnc34)c2N)c1. The average Bonchev–Trinajstić information content (AvgIpc) is 2.77. The normalized spacial score (nSPS) is 10.6. The number of nitrogens with zero attached hydrogens (tertiary/aromatic N) is 3. The molecule has 0 aliphatic rings. The molecular weight excluding hydrogens is 382 g/mol. The number of hydrogen-bond acceptors (Lipinski definition) is 8. The van der Waals surface area contributed by atoms with Crippen LogP contribution in [0, 0.1) is 0 Å². The van der Waals surface area contributed by atoms with Gasteiger partial charge in [0.05, 0.1) is 12.2 Å². The summed E-state index contributed by atoms with van der Waals surface area (Å²) in [6.07, 6.45) is 3.05. The van der Waals surface area contributed by atoms with Crippen molar-refractivity contribution in [2.75, 3.05) is 17.7 Å². The second kappa shape index (κ2) is 8.44. The van der Waals surface area contributed by atoms with E-state index in [4.69, 9.17) is 15.2 Å². The fourth-order valence-corrected chi connectivity index (χ4v) is 2.90. The number of para-hydroxylation sites is 1. The second-order valence-corrected chi connectivity index (χ2v) is 6.30. The Morgan fingerprint density at radius 1 is 1.07 bits per heavy atom. The van der Waals surface area contributed by atoms with Crippen LogP contribution in [0.25, 0.3) is 10.9 Å². The monoisotopic (exact) mass is 401 g/mol. The summed E-state index contributed by atoms with van der Waals surface area (Å²) in [5, 5.41) is 4.03. The van der Waals surface area contributed by atoms with Crippen LogP contribution < -0.4 is 15.8 Å². The number of nitrogens with one attached hydrogen (secondary N) is 1. The lowest BCUT2D eigenvalue weighted by atomic mass is 10.2. The summed E-state index contributed by atoms with van der Waals surface area (Å²) in [5.41, 5.74) is 8.23. The van der Waals surface area contributed by atoms with Gasteiger partial charge in [0.15, 0.2) is 11.6 Å². The van der Waals surface area contributed by atoms with Gasteiger partial charge in [0.1, 0.15) is 17.5 Å². The first-order chi connectivity index (χ1) is 14.7. The maximum atomic E-state index is 12.0. The standard InChI is InChI=1S/C22H19N5O3/c1-2-29-22(28)15-7-3-9-16(12-15)27-20-18(23)21(26-13-25-20)30-17-10-4-6-14-8-5-11-24-19(14)17/h3-13H,2,23H2,1H3,(H,25,26,27). The number of carbonyl (C=O) groups is 1. The van der Waals surface area contributed by atoms with Crippen LogP contribution in [0.15, 0.2) is 67.1 Å². The number of carbonyl (C=O) groups excluding carboxylic acids is 1. The Morgan fingerprint density at radius 3 is 2.77 bits per heavy atom. The number of ether oxygens (including phenoxy) is 2. The van der Waals surface area contributed by atoms with Crippen molar-refractivity contribution in [3.63, 3.8) is 0 Å². The lowest BCUT2D eigenvalue weighted by molar-refractivity contribution is 0.0526. The molecule has 0 aliphatic carbocycles. The van der Waals surface area contributed by atoms with Gasteiger partial charge in [-0.1, -0.05) is 24.3 Å². The number of fused-ring (bicyclic) bond motifs is 1. The minimum Gasteiger partial charge on any atom is -0.462 e. The van der Waals surface area contributed by atoms with Crippen molar-refractivity contribution in [3.8, 4) is 11.6 Å². The maximum absolute atomic E-state index is 12.0. The number of rotatable bonds is 6. The van der Waals surface area contributed by atoms with Gasteiger partial charge in [-0.05, 0) is 37.3 Å². The van der Waals surface area contributed by atoms with Crippen LogP contribution in [0.4, 0.5) is 17.2 Å². The topological polar surface area (TPSA) is 112 Å². The molecule has 2 heterocycles. The van der Waals surface area contributed by atoms with Gasteiger partial charge in [-0.3, -0.25) is 4.98 Å². The maximum Gasteiger partial charge on any atom is 0.338 e. The number of pyridine rings is 1. The van der Waals surface area contributed by atoms with Crippen LogP contribution in [0.1, 0.15) is 17.3 Å². The summed E-state index contributed by atoms with van der Waals surface area (Å²) in [6, 6.07) is 16.3. The summed E-state index contributed by atoms with van der Waals surface area (Å²) in [6.45, 7) is 2.06. The number of nitrogen functional groups attached to an aromatic ring is 1. The highest BCUT2D eigenvalue weighted by atomic mass is 16.5. The van der Waals surface area contributed by atoms with Gasteiger partial charge in [-0.2, -0.15) is 4.98 Å². The quantitative estimate of drug-likeness (QED) is 0.459. The smallest absolute Gasteiger partial charge is 0.338 e. The molecule has 3 N–H and O–H groups in total. The van der Waals surface area contributed by atoms with E-state index in [1.165, 1.54) is 6.33 Å². The third kappa shape index (κ3) is 3.97. The molecule has 0 saturated heterocycles. The summed E-state index contributed by atoms with van der Waals surface area (Å²) in [5.74, 6) is 0.694. The number of nitrogens with two attached hydrogens (primary N) is 1.